The highest BCUT2D eigenvalue weighted by Gasteiger charge is 2.30. The fraction of sp³-hybridized carbons (Fsp3) is 0.250. The first kappa shape index (κ1) is 10.9. The topological polar surface area (TPSA) is 64.9 Å². The van der Waals surface area contributed by atoms with Crippen molar-refractivity contribution in [3.63, 3.8) is 0 Å². The number of hydrogen-bond donors (Lipinski definition) is 1. The SMILES string of the molecule is Nc1sccc1-c1nc(CC(F)(F)F)no1. The lowest BCUT2D eigenvalue weighted by Crippen LogP contribution is -2.12. The third-order valence-corrected chi connectivity index (χ3v) is 2.50. The number of rotatable bonds is 2. The van der Waals surface area contributed by atoms with Gasteiger partial charge in [0.15, 0.2) is 5.82 Å². The van der Waals surface area contributed by atoms with Crippen molar-refractivity contribution in [1.82, 2.24) is 10.1 Å². The molecule has 0 fully saturated rings. The van der Waals surface area contributed by atoms with Crippen molar-refractivity contribution < 1.29 is 17.7 Å². The van der Waals surface area contributed by atoms with Crippen LogP contribution in [0.4, 0.5) is 18.2 Å². The van der Waals surface area contributed by atoms with Crippen LogP contribution >= 0.6 is 11.3 Å². The molecule has 0 saturated carbocycles. The minimum absolute atomic E-state index is 0.0120. The number of nitrogens with zero attached hydrogens (tertiary/aromatic N) is 2. The Bertz CT molecular complexity index is 491. The molecule has 0 atom stereocenters. The summed E-state index contributed by atoms with van der Waals surface area (Å²) in [6, 6.07) is 1.62. The lowest BCUT2D eigenvalue weighted by Gasteiger charge is -1.99. The molecule has 2 aromatic rings. The molecule has 0 aromatic carbocycles. The normalized spacial score (nSPS) is 11.9. The van der Waals surface area contributed by atoms with Gasteiger partial charge in [0.05, 0.1) is 10.6 Å². The van der Waals surface area contributed by atoms with Crippen molar-refractivity contribution in [2.75, 3.05) is 5.73 Å². The lowest BCUT2D eigenvalue weighted by molar-refractivity contribution is -0.128. The summed E-state index contributed by atoms with van der Waals surface area (Å²) in [5.41, 5.74) is 6.04. The van der Waals surface area contributed by atoms with Gasteiger partial charge in [-0.25, -0.2) is 0 Å². The maximum absolute atomic E-state index is 12.0. The van der Waals surface area contributed by atoms with Gasteiger partial charge in [-0.15, -0.1) is 11.3 Å². The molecular weight excluding hydrogens is 243 g/mol. The molecule has 0 unspecified atom stereocenters. The van der Waals surface area contributed by atoms with E-state index in [0.717, 1.165) is 0 Å². The summed E-state index contributed by atoms with van der Waals surface area (Å²) in [6.45, 7) is 0. The third-order valence-electron chi connectivity index (χ3n) is 1.75. The van der Waals surface area contributed by atoms with E-state index in [4.69, 9.17) is 10.3 Å². The van der Waals surface area contributed by atoms with E-state index in [2.05, 4.69) is 10.1 Å². The molecular formula is C8H6F3N3OS. The smallest absolute Gasteiger partial charge is 0.390 e. The second kappa shape index (κ2) is 3.78. The minimum Gasteiger partial charge on any atom is -0.390 e. The van der Waals surface area contributed by atoms with Crippen LogP contribution in [0.3, 0.4) is 0 Å². The fourth-order valence-electron chi connectivity index (χ4n) is 1.11. The van der Waals surface area contributed by atoms with E-state index in [-0.39, 0.29) is 5.89 Å². The third kappa shape index (κ3) is 2.32. The van der Waals surface area contributed by atoms with Crippen LogP contribution in [0.1, 0.15) is 5.82 Å². The molecule has 0 amide bonds. The Morgan fingerprint density at radius 1 is 1.44 bits per heavy atom. The highest BCUT2D eigenvalue weighted by molar-refractivity contribution is 7.14. The Balaban J connectivity index is 2.24. The summed E-state index contributed by atoms with van der Waals surface area (Å²) < 4.78 is 40.8. The van der Waals surface area contributed by atoms with Gasteiger partial charge in [-0.1, -0.05) is 5.16 Å². The molecule has 4 nitrogen and oxygen atoms in total. The summed E-state index contributed by atoms with van der Waals surface area (Å²) in [5.74, 6) is -0.383. The number of thiophene rings is 1. The van der Waals surface area contributed by atoms with Gasteiger partial charge in [-0.3, -0.25) is 0 Å². The molecule has 0 aliphatic heterocycles. The zero-order chi connectivity index (χ0) is 11.8. The van der Waals surface area contributed by atoms with Gasteiger partial charge in [-0.2, -0.15) is 18.2 Å². The Kier molecular flexibility index (Phi) is 2.58. The number of hydrogen-bond acceptors (Lipinski definition) is 5. The molecule has 86 valence electrons. The van der Waals surface area contributed by atoms with Gasteiger partial charge in [0.2, 0.25) is 0 Å². The van der Waals surface area contributed by atoms with Crippen molar-refractivity contribution in [1.29, 1.82) is 0 Å². The van der Waals surface area contributed by atoms with Gasteiger partial charge in [0.1, 0.15) is 6.42 Å². The highest BCUT2D eigenvalue weighted by Crippen LogP contribution is 2.29. The summed E-state index contributed by atoms with van der Waals surface area (Å²) >= 11 is 1.25. The molecule has 0 bridgehead atoms. The molecule has 0 saturated heterocycles. The van der Waals surface area contributed by atoms with E-state index in [9.17, 15) is 13.2 Å². The first-order valence-corrected chi connectivity index (χ1v) is 5.06. The second-order valence-electron chi connectivity index (χ2n) is 3.01. The van der Waals surface area contributed by atoms with Crippen LogP contribution in [0.5, 0.6) is 0 Å². The van der Waals surface area contributed by atoms with Crippen molar-refractivity contribution in [2.24, 2.45) is 0 Å². The fourth-order valence-corrected chi connectivity index (χ4v) is 1.75. The number of alkyl halides is 3. The maximum atomic E-state index is 12.0. The molecule has 0 aliphatic rings. The minimum atomic E-state index is -4.35. The largest absolute Gasteiger partial charge is 0.396 e. The Morgan fingerprint density at radius 2 is 2.19 bits per heavy atom. The first-order chi connectivity index (χ1) is 7.46. The quantitative estimate of drug-likeness (QED) is 0.888. The number of aromatic nitrogens is 2. The van der Waals surface area contributed by atoms with Crippen molar-refractivity contribution >= 4 is 16.3 Å². The Hall–Kier alpha value is -1.57. The van der Waals surface area contributed by atoms with Crippen LogP contribution in [0.15, 0.2) is 16.0 Å². The highest BCUT2D eigenvalue weighted by atomic mass is 32.1. The first-order valence-electron chi connectivity index (χ1n) is 4.18. The zero-order valence-corrected chi connectivity index (χ0v) is 8.60. The van der Waals surface area contributed by atoms with Gasteiger partial charge >= 0.3 is 6.18 Å². The van der Waals surface area contributed by atoms with Gasteiger partial charge < -0.3 is 10.3 Å². The Morgan fingerprint density at radius 3 is 2.75 bits per heavy atom. The van der Waals surface area contributed by atoms with E-state index in [1.807, 2.05) is 0 Å². The number of halogens is 3. The monoisotopic (exact) mass is 249 g/mol. The molecule has 2 N–H and O–H groups in total. The second-order valence-corrected chi connectivity index (χ2v) is 3.95. The van der Waals surface area contributed by atoms with E-state index in [1.54, 1.807) is 11.4 Å². The molecule has 2 heterocycles. The zero-order valence-electron chi connectivity index (χ0n) is 7.78. The molecule has 2 aromatic heterocycles. The molecule has 0 aliphatic carbocycles. The van der Waals surface area contributed by atoms with Crippen LogP contribution in [0.25, 0.3) is 11.5 Å². The predicted molar refractivity (Wildman–Crippen MR) is 51.8 cm³/mol. The van der Waals surface area contributed by atoms with E-state index in [1.165, 1.54) is 11.3 Å². The number of nitrogens with two attached hydrogens (primary N) is 1. The summed E-state index contributed by atoms with van der Waals surface area (Å²) in [6.07, 6.45) is -5.55. The van der Waals surface area contributed by atoms with Crippen molar-refractivity contribution in [3.8, 4) is 11.5 Å². The summed E-state index contributed by atoms with van der Waals surface area (Å²) in [5, 5.41) is 5.37. The van der Waals surface area contributed by atoms with Crippen LogP contribution in [-0.2, 0) is 6.42 Å². The number of nitrogen functional groups attached to an aromatic ring is 1. The van der Waals surface area contributed by atoms with E-state index < -0.39 is 18.4 Å². The van der Waals surface area contributed by atoms with Crippen molar-refractivity contribution in [3.05, 3.63) is 17.3 Å². The summed E-state index contributed by atoms with van der Waals surface area (Å²) in [4.78, 5) is 3.63. The maximum Gasteiger partial charge on any atom is 0.396 e. The summed E-state index contributed by atoms with van der Waals surface area (Å²) in [7, 11) is 0. The predicted octanol–water partition coefficient (Wildman–Crippen LogP) is 2.49. The molecule has 2 rings (SSSR count). The van der Waals surface area contributed by atoms with Gasteiger partial charge in [0.25, 0.3) is 5.89 Å². The van der Waals surface area contributed by atoms with E-state index in [0.29, 0.717) is 10.6 Å². The van der Waals surface area contributed by atoms with E-state index >= 15 is 0 Å². The molecule has 0 spiro atoms. The van der Waals surface area contributed by atoms with Crippen LogP contribution in [0, 0.1) is 0 Å². The average Bonchev–Trinajstić information content (AvgIpc) is 2.71. The molecule has 0 radical (unpaired) electrons. The molecule has 8 heteroatoms. The number of anilines is 1. The standard InChI is InChI=1S/C8H6F3N3OS/c9-8(10,11)3-5-13-7(15-14-5)4-1-2-16-6(4)12/h1-2H,3,12H2. The van der Waals surface area contributed by atoms with Crippen LogP contribution in [-0.4, -0.2) is 16.3 Å². The Labute approximate surface area is 91.9 Å². The van der Waals surface area contributed by atoms with Gasteiger partial charge in [-0.05, 0) is 11.4 Å². The average molecular weight is 249 g/mol. The molecule has 16 heavy (non-hydrogen) atoms. The van der Waals surface area contributed by atoms with Gasteiger partial charge in [0, 0.05) is 0 Å². The van der Waals surface area contributed by atoms with Crippen LogP contribution < -0.4 is 5.73 Å². The van der Waals surface area contributed by atoms with Crippen molar-refractivity contribution in [2.45, 2.75) is 12.6 Å². The van der Waals surface area contributed by atoms with Crippen LogP contribution in [0.2, 0.25) is 0 Å². The lowest BCUT2D eigenvalue weighted by atomic mass is 10.3.